The molecule has 124 valence electrons. The molecule has 0 aliphatic carbocycles. The Labute approximate surface area is 129 Å². The molecule has 0 saturated carbocycles. The van der Waals surface area contributed by atoms with E-state index in [0.717, 1.165) is 25.7 Å². The first-order chi connectivity index (χ1) is 10.1. The number of halogens is 3. The maximum Gasteiger partial charge on any atom is 0.401 e. The Morgan fingerprint density at radius 2 is 1.68 bits per heavy atom. The number of hydrogen-bond acceptors (Lipinski definition) is 2. The fourth-order valence-electron chi connectivity index (χ4n) is 3.85. The van der Waals surface area contributed by atoms with E-state index in [1.54, 1.807) is 4.90 Å². The van der Waals surface area contributed by atoms with Crippen molar-refractivity contribution in [1.82, 2.24) is 14.7 Å². The van der Waals surface area contributed by atoms with Gasteiger partial charge in [-0.2, -0.15) is 18.3 Å². The van der Waals surface area contributed by atoms with Crippen LogP contribution in [-0.2, 0) is 5.41 Å². The van der Waals surface area contributed by atoms with Crippen LogP contribution in [0.4, 0.5) is 13.2 Å². The number of hydrogen-bond donors (Lipinski definition) is 0. The van der Waals surface area contributed by atoms with Crippen molar-refractivity contribution in [3.8, 4) is 0 Å². The lowest BCUT2D eigenvalue weighted by Crippen LogP contribution is -2.47. The van der Waals surface area contributed by atoms with Gasteiger partial charge in [0.05, 0.1) is 18.8 Å². The molecular formula is C16H24F3N3. The number of nitrogens with zero attached hydrogens (tertiary/aromatic N) is 3. The zero-order valence-corrected chi connectivity index (χ0v) is 13.4. The van der Waals surface area contributed by atoms with E-state index >= 15 is 0 Å². The highest BCUT2D eigenvalue weighted by Gasteiger charge is 2.45. The Kier molecular flexibility index (Phi) is 3.78. The van der Waals surface area contributed by atoms with E-state index in [4.69, 9.17) is 0 Å². The van der Waals surface area contributed by atoms with Crippen LogP contribution in [-0.4, -0.2) is 39.5 Å². The van der Waals surface area contributed by atoms with Gasteiger partial charge < -0.3 is 0 Å². The van der Waals surface area contributed by atoms with E-state index in [9.17, 15) is 13.2 Å². The molecule has 0 aromatic carbocycles. The molecular weight excluding hydrogens is 291 g/mol. The largest absolute Gasteiger partial charge is 0.401 e. The van der Waals surface area contributed by atoms with Gasteiger partial charge in [0.1, 0.15) is 0 Å². The Balaban J connectivity index is 1.71. The molecule has 0 radical (unpaired) electrons. The van der Waals surface area contributed by atoms with Crippen LogP contribution in [0.2, 0.25) is 0 Å². The number of piperidine rings is 1. The summed E-state index contributed by atoms with van der Waals surface area (Å²) in [5.41, 5.74) is 1.23. The van der Waals surface area contributed by atoms with Crippen LogP contribution in [0.3, 0.4) is 0 Å². The van der Waals surface area contributed by atoms with Crippen molar-refractivity contribution in [2.75, 3.05) is 6.54 Å². The molecule has 1 aromatic heterocycles. The van der Waals surface area contributed by atoms with Crippen LogP contribution in [0.25, 0.3) is 0 Å². The predicted octanol–water partition coefficient (Wildman–Crippen LogP) is 3.91. The number of fused-ring (bicyclic) bond motifs is 2. The van der Waals surface area contributed by atoms with Crippen molar-refractivity contribution in [3.05, 3.63) is 18.0 Å². The highest BCUT2D eigenvalue weighted by Crippen LogP contribution is 2.42. The van der Waals surface area contributed by atoms with Crippen molar-refractivity contribution in [3.63, 3.8) is 0 Å². The molecule has 2 aliphatic heterocycles. The van der Waals surface area contributed by atoms with Crippen LogP contribution in [0.15, 0.2) is 12.4 Å². The van der Waals surface area contributed by atoms with E-state index in [0.29, 0.717) is 0 Å². The number of aromatic nitrogens is 2. The number of alkyl halides is 3. The van der Waals surface area contributed by atoms with E-state index in [1.807, 2.05) is 10.9 Å². The molecule has 2 bridgehead atoms. The molecule has 3 heterocycles. The van der Waals surface area contributed by atoms with Gasteiger partial charge in [0.2, 0.25) is 0 Å². The maximum atomic E-state index is 12.7. The lowest BCUT2D eigenvalue weighted by Gasteiger charge is -2.39. The van der Waals surface area contributed by atoms with Gasteiger partial charge in [0.25, 0.3) is 0 Å². The molecule has 1 aromatic rings. The minimum Gasteiger partial charge on any atom is -0.289 e. The van der Waals surface area contributed by atoms with Gasteiger partial charge in [0, 0.05) is 18.3 Å². The van der Waals surface area contributed by atoms with Crippen molar-refractivity contribution < 1.29 is 13.2 Å². The van der Waals surface area contributed by atoms with E-state index in [2.05, 4.69) is 32.1 Å². The van der Waals surface area contributed by atoms with Gasteiger partial charge in [-0.05, 0) is 36.7 Å². The molecule has 2 fully saturated rings. The van der Waals surface area contributed by atoms with Gasteiger partial charge >= 0.3 is 6.18 Å². The summed E-state index contributed by atoms with van der Waals surface area (Å²) >= 11 is 0. The molecule has 2 unspecified atom stereocenters. The number of rotatable bonds is 2. The summed E-state index contributed by atoms with van der Waals surface area (Å²) in [7, 11) is 0. The van der Waals surface area contributed by atoms with Gasteiger partial charge in [0.15, 0.2) is 0 Å². The summed E-state index contributed by atoms with van der Waals surface area (Å²) < 4.78 is 40.1. The first kappa shape index (κ1) is 15.8. The van der Waals surface area contributed by atoms with Crippen molar-refractivity contribution in [1.29, 1.82) is 0 Å². The second-order valence-electron chi connectivity index (χ2n) is 7.76. The van der Waals surface area contributed by atoms with E-state index in [-0.39, 0.29) is 23.5 Å². The Morgan fingerprint density at radius 3 is 2.14 bits per heavy atom. The molecule has 3 rings (SSSR count). The summed E-state index contributed by atoms with van der Waals surface area (Å²) in [5.74, 6) is 0. The Morgan fingerprint density at radius 1 is 1.09 bits per heavy atom. The van der Waals surface area contributed by atoms with Crippen LogP contribution >= 0.6 is 0 Å². The van der Waals surface area contributed by atoms with Gasteiger partial charge in [-0.1, -0.05) is 20.8 Å². The first-order valence-electron chi connectivity index (χ1n) is 8.00. The summed E-state index contributed by atoms with van der Waals surface area (Å²) in [4.78, 5) is 1.67. The summed E-state index contributed by atoms with van der Waals surface area (Å²) in [6, 6.07) is 0.332. The second-order valence-corrected chi connectivity index (χ2v) is 7.76. The van der Waals surface area contributed by atoms with Gasteiger partial charge in [-0.3, -0.25) is 9.58 Å². The molecule has 0 amide bonds. The van der Waals surface area contributed by atoms with Gasteiger partial charge in [-0.25, -0.2) is 0 Å². The fourth-order valence-corrected chi connectivity index (χ4v) is 3.85. The molecule has 2 atom stereocenters. The minimum absolute atomic E-state index is 0.0488. The third-order valence-corrected chi connectivity index (χ3v) is 5.06. The highest BCUT2D eigenvalue weighted by molar-refractivity contribution is 5.16. The van der Waals surface area contributed by atoms with Gasteiger partial charge in [-0.15, -0.1) is 0 Å². The maximum absolute atomic E-state index is 12.7. The minimum atomic E-state index is -4.10. The molecule has 22 heavy (non-hydrogen) atoms. The highest BCUT2D eigenvalue weighted by atomic mass is 19.4. The monoisotopic (exact) mass is 315 g/mol. The third-order valence-electron chi connectivity index (χ3n) is 5.06. The summed E-state index contributed by atoms with van der Waals surface area (Å²) in [6.45, 7) is 5.67. The molecule has 6 heteroatoms. The first-order valence-corrected chi connectivity index (χ1v) is 8.00. The lowest BCUT2D eigenvalue weighted by atomic mass is 9.90. The SMILES string of the molecule is CC(C)(C)c1cnn(C2CC3CCC(C2)N3CC(F)(F)F)c1. The van der Waals surface area contributed by atoms with Crippen molar-refractivity contribution >= 4 is 0 Å². The predicted molar refractivity (Wildman–Crippen MR) is 78.8 cm³/mol. The van der Waals surface area contributed by atoms with Crippen molar-refractivity contribution in [2.45, 2.75) is 76.2 Å². The quantitative estimate of drug-likeness (QED) is 0.825. The fraction of sp³-hybridized carbons (Fsp3) is 0.812. The Bertz CT molecular complexity index is 515. The smallest absolute Gasteiger partial charge is 0.289 e. The van der Waals surface area contributed by atoms with Crippen LogP contribution in [0.5, 0.6) is 0 Å². The van der Waals surface area contributed by atoms with Crippen LogP contribution in [0, 0.1) is 0 Å². The molecule has 3 nitrogen and oxygen atoms in total. The molecule has 0 N–H and O–H groups in total. The average Bonchev–Trinajstić information content (AvgIpc) is 2.91. The van der Waals surface area contributed by atoms with Crippen LogP contribution in [0.1, 0.15) is 58.1 Å². The summed E-state index contributed by atoms with van der Waals surface area (Å²) in [5, 5.41) is 4.48. The van der Waals surface area contributed by atoms with E-state index < -0.39 is 12.7 Å². The summed E-state index contributed by atoms with van der Waals surface area (Å²) in [6.07, 6.45) is 3.18. The molecule has 0 spiro atoms. The topological polar surface area (TPSA) is 21.1 Å². The Hall–Kier alpha value is -1.04. The lowest BCUT2D eigenvalue weighted by molar-refractivity contribution is -0.156. The normalized spacial score (nSPS) is 30.0. The van der Waals surface area contributed by atoms with Crippen molar-refractivity contribution in [2.24, 2.45) is 0 Å². The molecule has 2 saturated heterocycles. The third kappa shape index (κ3) is 3.16. The second kappa shape index (κ2) is 5.25. The standard InChI is InChI=1S/C16H24F3N3/c1-15(2,3)11-8-20-22(9-11)14-6-12-4-5-13(7-14)21(12)10-16(17,18)19/h8-9,12-14H,4-7,10H2,1-3H3. The average molecular weight is 315 g/mol. The molecule has 2 aliphatic rings. The zero-order chi connectivity index (χ0) is 16.1. The van der Waals surface area contributed by atoms with E-state index in [1.165, 1.54) is 5.56 Å². The zero-order valence-electron chi connectivity index (χ0n) is 13.4. The van der Waals surface area contributed by atoms with Crippen LogP contribution < -0.4 is 0 Å².